The Balaban J connectivity index is 3.21. The van der Waals surface area contributed by atoms with Gasteiger partial charge in [0.25, 0.3) is 0 Å². The van der Waals surface area contributed by atoms with Crippen molar-refractivity contribution in [3.8, 4) is 0 Å². The molecule has 0 heterocycles. The maximum Gasteiger partial charge on any atom is 0.0221 e. The summed E-state index contributed by atoms with van der Waals surface area (Å²) in [6.45, 7) is 2.64. The van der Waals surface area contributed by atoms with Crippen LogP contribution in [0.5, 0.6) is 0 Å². The number of hydrogen-bond acceptors (Lipinski definition) is 2. The van der Waals surface area contributed by atoms with Gasteiger partial charge >= 0.3 is 0 Å². The summed E-state index contributed by atoms with van der Waals surface area (Å²) in [6, 6.07) is 0.193. The molecule has 48 valence electrons. The van der Waals surface area contributed by atoms with Crippen molar-refractivity contribution >= 4 is 0 Å². The predicted molar refractivity (Wildman–Crippen MR) is 36.5 cm³/mol. The Labute approximate surface area is 50.6 Å². The van der Waals surface area contributed by atoms with E-state index in [4.69, 9.17) is 11.5 Å². The Hall–Kier alpha value is -0.340. The summed E-state index contributed by atoms with van der Waals surface area (Å²) < 4.78 is 0. The first-order chi connectivity index (χ1) is 3.81. The first-order valence-electron chi connectivity index (χ1n) is 2.93. The zero-order chi connectivity index (χ0) is 6.41. The van der Waals surface area contributed by atoms with Gasteiger partial charge in [-0.2, -0.15) is 0 Å². The molecule has 4 N–H and O–H groups in total. The van der Waals surface area contributed by atoms with Gasteiger partial charge in [-0.15, -0.1) is 0 Å². The molecule has 1 atom stereocenters. The Morgan fingerprint density at radius 3 is 2.62 bits per heavy atom. The van der Waals surface area contributed by atoms with E-state index in [1.54, 1.807) is 0 Å². The molecule has 0 aromatic carbocycles. The van der Waals surface area contributed by atoms with Gasteiger partial charge in [0.05, 0.1) is 0 Å². The zero-order valence-corrected chi connectivity index (χ0v) is 5.30. The second kappa shape index (κ2) is 4.81. The van der Waals surface area contributed by atoms with E-state index < -0.39 is 0 Å². The summed E-state index contributed by atoms with van der Waals surface area (Å²) in [4.78, 5) is 0. The van der Waals surface area contributed by atoms with Gasteiger partial charge in [-0.1, -0.05) is 19.1 Å². The van der Waals surface area contributed by atoms with Crippen LogP contribution in [0.1, 0.15) is 13.3 Å². The largest absolute Gasteiger partial charge is 0.327 e. The lowest BCUT2D eigenvalue weighted by atomic mass is 10.2. The third-order valence-electron chi connectivity index (χ3n) is 0.991. The molecule has 0 bridgehead atoms. The van der Waals surface area contributed by atoms with Gasteiger partial charge in [0.1, 0.15) is 0 Å². The van der Waals surface area contributed by atoms with Gasteiger partial charge in [0.2, 0.25) is 0 Å². The van der Waals surface area contributed by atoms with E-state index in [-0.39, 0.29) is 6.04 Å². The van der Waals surface area contributed by atoms with Crippen LogP contribution in [0.15, 0.2) is 12.2 Å². The summed E-state index contributed by atoms with van der Waals surface area (Å²) in [5, 5.41) is 0. The summed E-state index contributed by atoms with van der Waals surface area (Å²) in [5.74, 6) is 0. The maximum absolute atomic E-state index is 5.52. The third-order valence-corrected chi connectivity index (χ3v) is 0.991. The van der Waals surface area contributed by atoms with Gasteiger partial charge in [0.15, 0.2) is 0 Å². The highest BCUT2D eigenvalue weighted by atomic mass is 14.6. The topological polar surface area (TPSA) is 52.0 Å². The molecule has 0 aliphatic rings. The van der Waals surface area contributed by atoms with Gasteiger partial charge in [0, 0.05) is 12.6 Å². The van der Waals surface area contributed by atoms with Crippen molar-refractivity contribution < 1.29 is 0 Å². The van der Waals surface area contributed by atoms with Crippen molar-refractivity contribution in [2.45, 2.75) is 19.4 Å². The van der Waals surface area contributed by atoms with Crippen LogP contribution in [0.4, 0.5) is 0 Å². The first kappa shape index (κ1) is 7.66. The van der Waals surface area contributed by atoms with E-state index in [1.165, 1.54) is 0 Å². The van der Waals surface area contributed by atoms with Crippen molar-refractivity contribution in [1.82, 2.24) is 0 Å². The van der Waals surface area contributed by atoms with Crippen molar-refractivity contribution in [2.75, 3.05) is 6.54 Å². The maximum atomic E-state index is 5.52. The molecule has 0 spiro atoms. The monoisotopic (exact) mass is 114 g/mol. The van der Waals surface area contributed by atoms with Gasteiger partial charge in [-0.3, -0.25) is 0 Å². The minimum Gasteiger partial charge on any atom is -0.327 e. The first-order valence-corrected chi connectivity index (χ1v) is 2.93. The Bertz CT molecular complexity index is 68.9. The average molecular weight is 114 g/mol. The second-order valence-electron chi connectivity index (χ2n) is 1.74. The molecule has 8 heavy (non-hydrogen) atoms. The van der Waals surface area contributed by atoms with Crippen LogP contribution >= 0.6 is 0 Å². The van der Waals surface area contributed by atoms with E-state index in [0.717, 1.165) is 6.42 Å². The smallest absolute Gasteiger partial charge is 0.0221 e. The van der Waals surface area contributed by atoms with Crippen LogP contribution in [-0.4, -0.2) is 12.6 Å². The normalized spacial score (nSPS) is 14.9. The molecule has 0 aliphatic carbocycles. The molecule has 1 unspecified atom stereocenters. The Morgan fingerprint density at radius 2 is 2.25 bits per heavy atom. The minimum absolute atomic E-state index is 0.193. The number of hydrogen-bond donors (Lipinski definition) is 2. The lowest BCUT2D eigenvalue weighted by molar-refractivity contribution is 0.780. The van der Waals surface area contributed by atoms with Crippen LogP contribution in [0.25, 0.3) is 0 Å². The van der Waals surface area contributed by atoms with Gasteiger partial charge in [-0.25, -0.2) is 0 Å². The average Bonchev–Trinajstić information content (AvgIpc) is 1.83. The molecule has 0 radical (unpaired) electrons. The highest BCUT2D eigenvalue weighted by Crippen LogP contribution is 1.85. The summed E-state index contributed by atoms with van der Waals surface area (Å²) in [7, 11) is 0. The summed E-state index contributed by atoms with van der Waals surface area (Å²) >= 11 is 0. The molecule has 0 aliphatic heterocycles. The van der Waals surface area contributed by atoms with E-state index in [2.05, 4.69) is 0 Å². The van der Waals surface area contributed by atoms with Crippen molar-refractivity contribution in [3.63, 3.8) is 0 Å². The zero-order valence-electron chi connectivity index (χ0n) is 5.30. The molecule has 0 aromatic heterocycles. The van der Waals surface area contributed by atoms with Crippen LogP contribution < -0.4 is 11.5 Å². The highest BCUT2D eigenvalue weighted by Gasteiger charge is 1.86. The fraction of sp³-hybridized carbons (Fsp3) is 0.667. The Morgan fingerprint density at radius 1 is 1.62 bits per heavy atom. The Kier molecular flexibility index (Phi) is 4.61. The molecule has 0 aromatic rings. The van der Waals surface area contributed by atoms with Crippen LogP contribution in [-0.2, 0) is 0 Å². The molecule has 0 saturated heterocycles. The van der Waals surface area contributed by atoms with Crippen LogP contribution in [0.3, 0.4) is 0 Å². The van der Waals surface area contributed by atoms with E-state index in [0.29, 0.717) is 6.54 Å². The molecular formula is C6H14N2. The molecule has 0 rings (SSSR count). The predicted octanol–water partition coefficient (Wildman–Crippen LogP) is 0.239. The lowest BCUT2D eigenvalue weighted by Gasteiger charge is -1.97. The standard InChI is InChI=1S/C6H14N2/c1-2-6(8)4-3-5-7/h3-4,6H,2,5,7-8H2,1H3/b4-3+. The number of rotatable bonds is 3. The molecule has 2 nitrogen and oxygen atoms in total. The molecule has 0 amide bonds. The van der Waals surface area contributed by atoms with E-state index >= 15 is 0 Å². The molecule has 2 heteroatoms. The van der Waals surface area contributed by atoms with Crippen molar-refractivity contribution in [3.05, 3.63) is 12.2 Å². The third kappa shape index (κ3) is 3.84. The molecule has 0 fully saturated rings. The SMILES string of the molecule is CCC(N)/C=C/CN. The van der Waals surface area contributed by atoms with Gasteiger partial charge in [-0.05, 0) is 6.42 Å². The van der Waals surface area contributed by atoms with E-state index in [1.807, 2.05) is 19.1 Å². The summed E-state index contributed by atoms with van der Waals surface area (Å²) in [5.41, 5.74) is 10.7. The molecular weight excluding hydrogens is 100 g/mol. The minimum atomic E-state index is 0.193. The molecule has 0 saturated carbocycles. The summed E-state index contributed by atoms with van der Waals surface area (Å²) in [6.07, 6.45) is 4.80. The van der Waals surface area contributed by atoms with Crippen molar-refractivity contribution in [2.24, 2.45) is 11.5 Å². The van der Waals surface area contributed by atoms with E-state index in [9.17, 15) is 0 Å². The lowest BCUT2D eigenvalue weighted by Crippen LogP contribution is -2.15. The fourth-order valence-corrected chi connectivity index (χ4v) is 0.389. The quantitative estimate of drug-likeness (QED) is 0.516. The second-order valence-corrected chi connectivity index (χ2v) is 1.74. The van der Waals surface area contributed by atoms with Crippen LogP contribution in [0.2, 0.25) is 0 Å². The fourth-order valence-electron chi connectivity index (χ4n) is 0.389. The number of nitrogens with two attached hydrogens (primary N) is 2. The van der Waals surface area contributed by atoms with Crippen molar-refractivity contribution in [1.29, 1.82) is 0 Å². The van der Waals surface area contributed by atoms with Gasteiger partial charge < -0.3 is 11.5 Å². The highest BCUT2D eigenvalue weighted by molar-refractivity contribution is 4.90. The van der Waals surface area contributed by atoms with Crippen LogP contribution in [0, 0.1) is 0 Å².